The lowest BCUT2D eigenvalue weighted by Gasteiger charge is -2.07. The molecule has 0 saturated carbocycles. The van der Waals surface area contributed by atoms with Crippen LogP contribution in [0.15, 0.2) is 48.5 Å². The van der Waals surface area contributed by atoms with E-state index in [-0.39, 0.29) is 0 Å². The van der Waals surface area contributed by atoms with Gasteiger partial charge in [0.2, 0.25) is 0 Å². The average molecular weight is 272 g/mol. The van der Waals surface area contributed by atoms with E-state index in [2.05, 4.69) is 11.2 Å². The van der Waals surface area contributed by atoms with Crippen LogP contribution in [0.4, 0.5) is 5.69 Å². The maximum absolute atomic E-state index is 5.83. The molecular formula is C16H14ClNO. The van der Waals surface area contributed by atoms with Gasteiger partial charge in [0.1, 0.15) is 12.4 Å². The molecule has 2 aromatic carbocycles. The van der Waals surface area contributed by atoms with Crippen molar-refractivity contribution < 1.29 is 4.74 Å². The first-order valence-electron chi connectivity index (χ1n) is 5.92. The second kappa shape index (κ2) is 6.72. The third-order valence-electron chi connectivity index (χ3n) is 2.59. The molecule has 0 bridgehead atoms. The number of nitrogens with one attached hydrogen (secondary N) is 1. The Hall–Kier alpha value is -2.11. The summed E-state index contributed by atoms with van der Waals surface area (Å²) in [5, 5.41) is 4.06. The van der Waals surface area contributed by atoms with Crippen molar-refractivity contribution in [2.75, 3.05) is 11.9 Å². The average Bonchev–Trinajstić information content (AvgIpc) is 2.46. The number of hydrogen-bond acceptors (Lipinski definition) is 2. The van der Waals surface area contributed by atoms with Crippen LogP contribution in [0.1, 0.15) is 5.56 Å². The molecule has 0 radical (unpaired) electrons. The van der Waals surface area contributed by atoms with Gasteiger partial charge in [-0.1, -0.05) is 29.7 Å². The molecule has 19 heavy (non-hydrogen) atoms. The summed E-state index contributed by atoms with van der Waals surface area (Å²) in [6.45, 7) is 1.04. The third-order valence-corrected chi connectivity index (χ3v) is 2.84. The zero-order valence-electron chi connectivity index (χ0n) is 10.4. The van der Waals surface area contributed by atoms with Gasteiger partial charge in [-0.2, -0.15) is 0 Å². The Labute approximate surface area is 118 Å². The minimum absolute atomic E-state index is 0.294. The molecule has 0 unspecified atom stereocenters. The predicted molar refractivity (Wildman–Crippen MR) is 79.5 cm³/mol. The van der Waals surface area contributed by atoms with Gasteiger partial charge in [0.15, 0.2) is 0 Å². The van der Waals surface area contributed by atoms with Crippen LogP contribution in [0.3, 0.4) is 0 Å². The summed E-state index contributed by atoms with van der Waals surface area (Å²) in [4.78, 5) is 0. The van der Waals surface area contributed by atoms with E-state index in [4.69, 9.17) is 22.8 Å². The van der Waals surface area contributed by atoms with Crippen molar-refractivity contribution in [1.29, 1.82) is 0 Å². The summed E-state index contributed by atoms with van der Waals surface area (Å²) in [5.74, 6) is 3.22. The van der Waals surface area contributed by atoms with Crippen molar-refractivity contribution in [3.05, 3.63) is 59.1 Å². The van der Waals surface area contributed by atoms with E-state index in [1.807, 2.05) is 48.5 Å². The van der Waals surface area contributed by atoms with Gasteiger partial charge in [0.05, 0.1) is 0 Å². The van der Waals surface area contributed by atoms with E-state index in [1.165, 1.54) is 5.56 Å². The van der Waals surface area contributed by atoms with Crippen LogP contribution >= 0.6 is 11.6 Å². The molecule has 2 rings (SSSR count). The summed E-state index contributed by atoms with van der Waals surface area (Å²) >= 11 is 5.83. The van der Waals surface area contributed by atoms with E-state index in [1.54, 1.807) is 0 Å². The van der Waals surface area contributed by atoms with Crippen molar-refractivity contribution in [3.63, 3.8) is 0 Å². The third kappa shape index (κ3) is 4.24. The lowest BCUT2D eigenvalue weighted by molar-refractivity contribution is 0.370. The Morgan fingerprint density at radius 1 is 1.05 bits per heavy atom. The first-order valence-corrected chi connectivity index (χ1v) is 6.30. The molecule has 0 aliphatic heterocycles. The molecule has 2 aromatic rings. The second-order valence-electron chi connectivity index (χ2n) is 4.00. The molecule has 96 valence electrons. The lowest BCUT2D eigenvalue weighted by Crippen LogP contribution is -1.99. The van der Waals surface area contributed by atoms with Crippen LogP contribution in [0, 0.1) is 12.3 Å². The fourth-order valence-corrected chi connectivity index (χ4v) is 1.73. The monoisotopic (exact) mass is 271 g/mol. The van der Waals surface area contributed by atoms with Crippen molar-refractivity contribution in [2.24, 2.45) is 0 Å². The molecule has 0 heterocycles. The minimum Gasteiger partial charge on any atom is -0.481 e. The molecule has 0 aromatic heterocycles. The Morgan fingerprint density at radius 2 is 1.74 bits per heavy atom. The van der Waals surface area contributed by atoms with Crippen LogP contribution in [-0.4, -0.2) is 6.61 Å². The Bertz CT molecular complexity index is 555. The first-order chi connectivity index (χ1) is 9.28. The van der Waals surface area contributed by atoms with Crippen LogP contribution in [0.2, 0.25) is 5.02 Å². The minimum atomic E-state index is 0.294. The summed E-state index contributed by atoms with van der Waals surface area (Å²) < 4.78 is 5.31. The van der Waals surface area contributed by atoms with Gasteiger partial charge in [0.25, 0.3) is 0 Å². The predicted octanol–water partition coefficient (Wildman–Crippen LogP) is 3.96. The molecule has 2 nitrogen and oxygen atoms in total. The largest absolute Gasteiger partial charge is 0.481 e. The molecule has 0 atom stereocenters. The highest BCUT2D eigenvalue weighted by Gasteiger charge is 1.96. The number of hydrogen-bond donors (Lipinski definition) is 1. The van der Waals surface area contributed by atoms with Crippen molar-refractivity contribution in [1.82, 2.24) is 0 Å². The van der Waals surface area contributed by atoms with Gasteiger partial charge >= 0.3 is 0 Å². The highest BCUT2D eigenvalue weighted by Crippen LogP contribution is 2.16. The van der Waals surface area contributed by atoms with Gasteiger partial charge < -0.3 is 10.1 Å². The number of anilines is 1. The molecule has 0 fully saturated rings. The maximum atomic E-state index is 5.83. The topological polar surface area (TPSA) is 21.3 Å². The SMILES string of the molecule is C#CCOc1ccc(CNc2ccc(Cl)cc2)cc1. The highest BCUT2D eigenvalue weighted by molar-refractivity contribution is 6.30. The molecule has 0 amide bonds. The van der Waals surface area contributed by atoms with Crippen LogP contribution < -0.4 is 10.1 Å². The van der Waals surface area contributed by atoms with Gasteiger partial charge in [0, 0.05) is 17.3 Å². The fraction of sp³-hybridized carbons (Fsp3) is 0.125. The van der Waals surface area contributed by atoms with Gasteiger partial charge in [-0.3, -0.25) is 0 Å². The Balaban J connectivity index is 1.89. The van der Waals surface area contributed by atoms with Crippen LogP contribution in [-0.2, 0) is 6.54 Å². The summed E-state index contributed by atoms with van der Waals surface area (Å²) in [6.07, 6.45) is 5.13. The van der Waals surface area contributed by atoms with Crippen molar-refractivity contribution in [3.8, 4) is 18.1 Å². The van der Waals surface area contributed by atoms with Gasteiger partial charge in [-0.15, -0.1) is 6.42 Å². The number of benzene rings is 2. The van der Waals surface area contributed by atoms with E-state index < -0.39 is 0 Å². The van der Waals surface area contributed by atoms with Crippen LogP contribution in [0.5, 0.6) is 5.75 Å². The number of halogens is 1. The van der Waals surface area contributed by atoms with Crippen molar-refractivity contribution in [2.45, 2.75) is 6.54 Å². The molecular weight excluding hydrogens is 258 g/mol. The standard InChI is InChI=1S/C16H14ClNO/c1-2-11-19-16-9-3-13(4-10-16)12-18-15-7-5-14(17)6-8-15/h1,3-10,18H,11-12H2. The van der Waals surface area contributed by atoms with Crippen molar-refractivity contribution >= 4 is 17.3 Å². The second-order valence-corrected chi connectivity index (χ2v) is 4.43. The molecule has 0 aliphatic carbocycles. The Kier molecular flexibility index (Phi) is 4.72. The maximum Gasteiger partial charge on any atom is 0.148 e. The first kappa shape index (κ1) is 13.3. The number of terminal acetylenes is 1. The zero-order chi connectivity index (χ0) is 13.5. The fourth-order valence-electron chi connectivity index (χ4n) is 1.60. The summed E-state index contributed by atoms with van der Waals surface area (Å²) in [7, 11) is 0. The molecule has 3 heteroatoms. The zero-order valence-corrected chi connectivity index (χ0v) is 11.2. The normalized spacial score (nSPS) is 9.68. The molecule has 0 spiro atoms. The van der Waals surface area contributed by atoms with Crippen LogP contribution in [0.25, 0.3) is 0 Å². The van der Waals surface area contributed by atoms with E-state index >= 15 is 0 Å². The van der Waals surface area contributed by atoms with Gasteiger partial charge in [-0.05, 0) is 42.0 Å². The summed E-state index contributed by atoms with van der Waals surface area (Å²) in [5.41, 5.74) is 2.21. The molecule has 0 saturated heterocycles. The summed E-state index contributed by atoms with van der Waals surface area (Å²) in [6, 6.07) is 15.5. The van der Waals surface area contributed by atoms with Gasteiger partial charge in [-0.25, -0.2) is 0 Å². The van der Waals surface area contributed by atoms with E-state index in [9.17, 15) is 0 Å². The smallest absolute Gasteiger partial charge is 0.148 e. The Morgan fingerprint density at radius 3 is 2.37 bits per heavy atom. The number of rotatable bonds is 5. The lowest BCUT2D eigenvalue weighted by atomic mass is 10.2. The van der Waals surface area contributed by atoms with E-state index in [0.717, 1.165) is 23.0 Å². The highest BCUT2D eigenvalue weighted by atomic mass is 35.5. The molecule has 0 aliphatic rings. The number of ether oxygens (including phenoxy) is 1. The quantitative estimate of drug-likeness (QED) is 0.831. The van der Waals surface area contributed by atoms with E-state index in [0.29, 0.717) is 6.61 Å². The molecule has 1 N–H and O–H groups in total.